The highest BCUT2D eigenvalue weighted by molar-refractivity contribution is 5.25. The van der Waals surface area contributed by atoms with Crippen LogP contribution >= 0.6 is 0 Å². The summed E-state index contributed by atoms with van der Waals surface area (Å²) in [6.45, 7) is 2.73. The standard InChI is InChI=1S/C16H17F2N/c1-2-19-16(13-7-5-8-14(17)10-13)11-12-6-3-4-9-15(12)18/h3-10,16,19H,2,11H2,1H3. The molecule has 2 aromatic carbocycles. The Labute approximate surface area is 112 Å². The van der Waals surface area contributed by atoms with E-state index in [1.54, 1.807) is 18.2 Å². The summed E-state index contributed by atoms with van der Waals surface area (Å²) in [7, 11) is 0. The fourth-order valence-corrected chi connectivity index (χ4v) is 2.16. The Morgan fingerprint density at radius 3 is 2.53 bits per heavy atom. The van der Waals surface area contributed by atoms with Crippen LogP contribution in [0, 0.1) is 11.6 Å². The first kappa shape index (κ1) is 13.7. The fraction of sp³-hybridized carbons (Fsp3) is 0.250. The van der Waals surface area contributed by atoms with Gasteiger partial charge in [-0.3, -0.25) is 0 Å². The first-order chi connectivity index (χ1) is 9.20. The summed E-state index contributed by atoms with van der Waals surface area (Å²) in [4.78, 5) is 0. The van der Waals surface area contributed by atoms with E-state index in [4.69, 9.17) is 0 Å². The average molecular weight is 261 g/mol. The van der Waals surface area contributed by atoms with Crippen molar-refractivity contribution in [2.45, 2.75) is 19.4 Å². The molecule has 2 aromatic rings. The highest BCUT2D eigenvalue weighted by atomic mass is 19.1. The predicted octanol–water partition coefficient (Wildman–Crippen LogP) is 3.86. The Balaban J connectivity index is 2.24. The number of rotatable bonds is 5. The van der Waals surface area contributed by atoms with Crippen LogP contribution in [0.25, 0.3) is 0 Å². The highest BCUT2D eigenvalue weighted by Crippen LogP contribution is 2.20. The first-order valence-electron chi connectivity index (χ1n) is 6.43. The monoisotopic (exact) mass is 261 g/mol. The van der Waals surface area contributed by atoms with Crippen molar-refractivity contribution < 1.29 is 8.78 Å². The Hall–Kier alpha value is -1.74. The molecule has 1 N–H and O–H groups in total. The minimum Gasteiger partial charge on any atom is -0.310 e. The molecule has 0 heterocycles. The minimum atomic E-state index is -0.270. The Morgan fingerprint density at radius 1 is 1.05 bits per heavy atom. The maximum Gasteiger partial charge on any atom is 0.126 e. The molecule has 100 valence electrons. The third-order valence-electron chi connectivity index (χ3n) is 3.08. The zero-order valence-corrected chi connectivity index (χ0v) is 10.9. The quantitative estimate of drug-likeness (QED) is 0.861. The molecule has 0 aliphatic carbocycles. The zero-order chi connectivity index (χ0) is 13.7. The maximum atomic E-state index is 13.7. The molecule has 0 bridgehead atoms. The van der Waals surface area contributed by atoms with E-state index in [1.165, 1.54) is 18.2 Å². The summed E-state index contributed by atoms with van der Waals surface area (Å²) < 4.78 is 27.0. The van der Waals surface area contributed by atoms with Gasteiger partial charge in [0.15, 0.2) is 0 Å². The highest BCUT2D eigenvalue weighted by Gasteiger charge is 2.13. The topological polar surface area (TPSA) is 12.0 Å². The van der Waals surface area contributed by atoms with Crippen molar-refractivity contribution in [3.05, 3.63) is 71.3 Å². The van der Waals surface area contributed by atoms with Gasteiger partial charge in [-0.25, -0.2) is 8.78 Å². The number of likely N-dealkylation sites (N-methyl/N-ethyl adjacent to an activating group) is 1. The van der Waals surface area contributed by atoms with Crippen LogP contribution in [-0.4, -0.2) is 6.54 Å². The van der Waals surface area contributed by atoms with Crippen LogP contribution in [0.4, 0.5) is 8.78 Å². The lowest BCUT2D eigenvalue weighted by molar-refractivity contribution is 0.523. The normalized spacial score (nSPS) is 12.4. The Kier molecular flexibility index (Phi) is 4.63. The van der Waals surface area contributed by atoms with E-state index in [1.807, 2.05) is 19.1 Å². The third kappa shape index (κ3) is 3.61. The molecule has 0 aliphatic heterocycles. The van der Waals surface area contributed by atoms with Crippen LogP contribution < -0.4 is 5.32 Å². The minimum absolute atomic E-state index is 0.0856. The number of nitrogens with one attached hydrogen (secondary N) is 1. The lowest BCUT2D eigenvalue weighted by Crippen LogP contribution is -2.23. The SMILES string of the molecule is CCNC(Cc1ccccc1F)c1cccc(F)c1. The van der Waals surface area contributed by atoms with Crippen LogP contribution in [0.2, 0.25) is 0 Å². The molecule has 0 amide bonds. The summed E-state index contributed by atoms with van der Waals surface area (Å²) in [5.41, 5.74) is 1.47. The average Bonchev–Trinajstić information content (AvgIpc) is 2.40. The molecule has 0 fully saturated rings. The maximum absolute atomic E-state index is 13.7. The molecular weight excluding hydrogens is 244 g/mol. The number of halogens is 2. The zero-order valence-electron chi connectivity index (χ0n) is 10.9. The van der Waals surface area contributed by atoms with Crippen LogP contribution in [0.3, 0.4) is 0 Å². The molecule has 3 heteroatoms. The van der Waals surface area contributed by atoms with Gasteiger partial charge >= 0.3 is 0 Å². The van der Waals surface area contributed by atoms with Gasteiger partial charge in [0, 0.05) is 6.04 Å². The molecule has 19 heavy (non-hydrogen) atoms. The van der Waals surface area contributed by atoms with Gasteiger partial charge in [-0.05, 0) is 42.3 Å². The van der Waals surface area contributed by atoms with Crippen molar-refractivity contribution in [3.8, 4) is 0 Å². The molecule has 1 nitrogen and oxygen atoms in total. The van der Waals surface area contributed by atoms with Gasteiger partial charge in [0.25, 0.3) is 0 Å². The second kappa shape index (κ2) is 6.43. The van der Waals surface area contributed by atoms with Crippen molar-refractivity contribution in [2.24, 2.45) is 0 Å². The third-order valence-corrected chi connectivity index (χ3v) is 3.08. The number of hydrogen-bond donors (Lipinski definition) is 1. The van der Waals surface area contributed by atoms with Crippen molar-refractivity contribution in [1.82, 2.24) is 5.32 Å². The van der Waals surface area contributed by atoms with Crippen molar-refractivity contribution >= 4 is 0 Å². The Bertz CT molecular complexity index is 540. The smallest absolute Gasteiger partial charge is 0.126 e. The first-order valence-corrected chi connectivity index (χ1v) is 6.43. The van der Waals surface area contributed by atoms with Gasteiger partial charge in [-0.15, -0.1) is 0 Å². The molecular formula is C16H17F2N. The molecule has 1 atom stereocenters. The van der Waals surface area contributed by atoms with Crippen LogP contribution in [0.5, 0.6) is 0 Å². The van der Waals surface area contributed by atoms with Gasteiger partial charge in [0.1, 0.15) is 11.6 Å². The molecule has 2 rings (SSSR count). The summed E-state index contributed by atoms with van der Waals surface area (Å²) in [6.07, 6.45) is 0.504. The summed E-state index contributed by atoms with van der Waals surface area (Å²) in [6, 6.07) is 13.0. The summed E-state index contributed by atoms with van der Waals surface area (Å²) >= 11 is 0. The lowest BCUT2D eigenvalue weighted by Gasteiger charge is -2.19. The van der Waals surface area contributed by atoms with Gasteiger partial charge in [0.05, 0.1) is 0 Å². The molecule has 0 radical (unpaired) electrons. The van der Waals surface area contributed by atoms with E-state index >= 15 is 0 Å². The van der Waals surface area contributed by atoms with Crippen LogP contribution in [-0.2, 0) is 6.42 Å². The van der Waals surface area contributed by atoms with E-state index < -0.39 is 0 Å². The second-order valence-electron chi connectivity index (χ2n) is 4.46. The van der Waals surface area contributed by atoms with E-state index in [2.05, 4.69) is 5.32 Å². The summed E-state index contributed by atoms with van der Waals surface area (Å²) in [5.74, 6) is -0.490. The van der Waals surface area contributed by atoms with Crippen LogP contribution in [0.1, 0.15) is 24.1 Å². The van der Waals surface area contributed by atoms with E-state index in [9.17, 15) is 8.78 Å². The molecule has 0 saturated heterocycles. The van der Waals surface area contributed by atoms with Gasteiger partial charge in [-0.1, -0.05) is 37.3 Å². The number of benzene rings is 2. The van der Waals surface area contributed by atoms with Crippen molar-refractivity contribution in [2.75, 3.05) is 6.54 Å². The Morgan fingerprint density at radius 2 is 1.84 bits per heavy atom. The molecule has 1 unspecified atom stereocenters. The number of hydrogen-bond acceptors (Lipinski definition) is 1. The molecule has 0 spiro atoms. The van der Waals surface area contributed by atoms with E-state index in [-0.39, 0.29) is 17.7 Å². The largest absolute Gasteiger partial charge is 0.310 e. The van der Waals surface area contributed by atoms with Gasteiger partial charge in [-0.2, -0.15) is 0 Å². The second-order valence-corrected chi connectivity index (χ2v) is 4.46. The lowest BCUT2D eigenvalue weighted by atomic mass is 9.98. The fourth-order valence-electron chi connectivity index (χ4n) is 2.16. The summed E-state index contributed by atoms with van der Waals surface area (Å²) in [5, 5.41) is 3.27. The van der Waals surface area contributed by atoms with E-state index in [0.29, 0.717) is 12.0 Å². The molecule has 0 aromatic heterocycles. The molecule has 0 saturated carbocycles. The molecule has 0 aliphatic rings. The van der Waals surface area contributed by atoms with E-state index in [0.717, 1.165) is 12.1 Å². The van der Waals surface area contributed by atoms with Crippen LogP contribution in [0.15, 0.2) is 48.5 Å². The van der Waals surface area contributed by atoms with Gasteiger partial charge < -0.3 is 5.32 Å². The van der Waals surface area contributed by atoms with Gasteiger partial charge in [0.2, 0.25) is 0 Å². The van der Waals surface area contributed by atoms with Crippen molar-refractivity contribution in [1.29, 1.82) is 0 Å². The van der Waals surface area contributed by atoms with Crippen molar-refractivity contribution in [3.63, 3.8) is 0 Å². The predicted molar refractivity (Wildman–Crippen MR) is 72.9 cm³/mol.